The number of amides is 1. The lowest BCUT2D eigenvalue weighted by molar-refractivity contribution is 0.0242. The molecule has 0 bridgehead atoms. The van der Waals surface area contributed by atoms with E-state index in [2.05, 4.69) is 0 Å². The quantitative estimate of drug-likeness (QED) is 0.747. The Bertz CT molecular complexity index is 649. The van der Waals surface area contributed by atoms with Gasteiger partial charge in [-0.3, -0.25) is 4.90 Å². The second-order valence-corrected chi connectivity index (χ2v) is 8.27. The van der Waals surface area contributed by atoms with Gasteiger partial charge in [-0.25, -0.2) is 13.2 Å². The molecule has 0 fully saturated rings. The third-order valence-electron chi connectivity index (χ3n) is 2.83. The Kier molecular flexibility index (Phi) is 3.73. The number of hydrogen-bond acceptors (Lipinski definition) is 4. The summed E-state index contributed by atoms with van der Waals surface area (Å²) in [5.74, 6) is 0. The Morgan fingerprint density at radius 2 is 1.85 bits per heavy atom. The molecule has 110 valence electrons. The van der Waals surface area contributed by atoms with Crippen LogP contribution in [0.4, 0.5) is 4.79 Å². The standard InChI is InChI=1S/C13H16ClNO4S/c1-13(2,3)19-12(16)15-7-9-4-5-11(20(14,17)18)6-10(9)8-15/h4-6H,7-8H2,1-3H3. The molecule has 0 radical (unpaired) electrons. The van der Waals surface area contributed by atoms with E-state index in [4.69, 9.17) is 15.4 Å². The molecular formula is C13H16ClNO4S. The van der Waals surface area contributed by atoms with E-state index in [1.165, 1.54) is 17.0 Å². The predicted octanol–water partition coefficient (Wildman–Crippen LogP) is 2.86. The minimum absolute atomic E-state index is 0.0453. The molecule has 1 aliphatic heterocycles. The first kappa shape index (κ1) is 15.1. The highest BCUT2D eigenvalue weighted by atomic mass is 35.7. The topological polar surface area (TPSA) is 63.7 Å². The zero-order valence-corrected chi connectivity index (χ0v) is 13.1. The maximum Gasteiger partial charge on any atom is 0.410 e. The molecule has 0 saturated carbocycles. The Hall–Kier alpha value is -1.27. The smallest absolute Gasteiger partial charge is 0.410 e. The summed E-state index contributed by atoms with van der Waals surface area (Å²) >= 11 is 0. The molecule has 1 aliphatic rings. The van der Waals surface area contributed by atoms with Crippen molar-refractivity contribution >= 4 is 25.8 Å². The van der Waals surface area contributed by atoms with E-state index in [9.17, 15) is 13.2 Å². The summed E-state index contributed by atoms with van der Waals surface area (Å²) in [4.78, 5) is 13.5. The van der Waals surface area contributed by atoms with Gasteiger partial charge in [-0.2, -0.15) is 0 Å². The van der Waals surface area contributed by atoms with Crippen molar-refractivity contribution in [2.24, 2.45) is 0 Å². The van der Waals surface area contributed by atoms with E-state index >= 15 is 0 Å². The van der Waals surface area contributed by atoms with E-state index in [0.717, 1.165) is 11.1 Å². The van der Waals surface area contributed by atoms with Crippen LogP contribution in [0.2, 0.25) is 0 Å². The summed E-state index contributed by atoms with van der Waals surface area (Å²) in [6, 6.07) is 4.62. The summed E-state index contributed by atoms with van der Waals surface area (Å²) < 4.78 is 27.9. The van der Waals surface area contributed by atoms with Crippen molar-refractivity contribution in [3.63, 3.8) is 0 Å². The number of ether oxygens (including phenoxy) is 1. The fourth-order valence-electron chi connectivity index (χ4n) is 1.98. The number of carbonyl (C=O) groups is 1. The van der Waals surface area contributed by atoms with Crippen LogP contribution in [0.5, 0.6) is 0 Å². The largest absolute Gasteiger partial charge is 0.444 e. The molecule has 0 spiro atoms. The normalized spacial score (nSPS) is 15.1. The summed E-state index contributed by atoms with van der Waals surface area (Å²) in [5.41, 5.74) is 1.12. The molecule has 1 aromatic carbocycles. The highest BCUT2D eigenvalue weighted by Gasteiger charge is 2.28. The molecule has 1 heterocycles. The lowest BCUT2D eigenvalue weighted by Crippen LogP contribution is -2.33. The highest BCUT2D eigenvalue weighted by molar-refractivity contribution is 8.13. The number of halogens is 1. The third kappa shape index (κ3) is 3.43. The van der Waals surface area contributed by atoms with Gasteiger partial charge in [0, 0.05) is 23.8 Å². The molecule has 20 heavy (non-hydrogen) atoms. The number of fused-ring (bicyclic) bond motifs is 1. The second kappa shape index (κ2) is 4.93. The van der Waals surface area contributed by atoms with Gasteiger partial charge in [0.05, 0.1) is 4.90 Å². The monoisotopic (exact) mass is 317 g/mol. The Labute approximate surface area is 122 Å². The fourth-order valence-corrected chi connectivity index (χ4v) is 2.78. The third-order valence-corrected chi connectivity index (χ3v) is 4.18. The molecule has 0 aromatic heterocycles. The molecule has 0 atom stereocenters. The second-order valence-electron chi connectivity index (χ2n) is 5.70. The molecule has 0 N–H and O–H groups in total. The Morgan fingerprint density at radius 3 is 2.40 bits per heavy atom. The maximum atomic E-state index is 12.0. The minimum Gasteiger partial charge on any atom is -0.444 e. The van der Waals surface area contributed by atoms with Crippen molar-refractivity contribution < 1.29 is 17.9 Å². The molecule has 1 amide bonds. The van der Waals surface area contributed by atoms with Gasteiger partial charge >= 0.3 is 6.09 Å². The van der Waals surface area contributed by atoms with Gasteiger partial charge in [0.25, 0.3) is 9.05 Å². The van der Waals surface area contributed by atoms with Gasteiger partial charge in [-0.15, -0.1) is 0 Å². The van der Waals surface area contributed by atoms with Crippen molar-refractivity contribution in [3.05, 3.63) is 29.3 Å². The van der Waals surface area contributed by atoms with Crippen molar-refractivity contribution in [3.8, 4) is 0 Å². The molecule has 5 nitrogen and oxygen atoms in total. The van der Waals surface area contributed by atoms with E-state index in [1.54, 1.807) is 26.8 Å². The van der Waals surface area contributed by atoms with Crippen molar-refractivity contribution in [1.29, 1.82) is 0 Å². The average molecular weight is 318 g/mol. The van der Waals surface area contributed by atoms with Crippen molar-refractivity contribution in [2.75, 3.05) is 0 Å². The molecule has 0 saturated heterocycles. The zero-order chi connectivity index (χ0) is 15.1. The maximum absolute atomic E-state index is 12.0. The zero-order valence-electron chi connectivity index (χ0n) is 11.5. The number of nitrogens with zero attached hydrogens (tertiary/aromatic N) is 1. The van der Waals surface area contributed by atoms with E-state index in [-0.39, 0.29) is 4.90 Å². The van der Waals surface area contributed by atoms with Gasteiger partial charge < -0.3 is 4.74 Å². The van der Waals surface area contributed by atoms with Crippen LogP contribution >= 0.6 is 10.7 Å². The van der Waals surface area contributed by atoms with Gasteiger partial charge in [0.1, 0.15) is 5.60 Å². The first-order chi connectivity index (χ1) is 9.06. The van der Waals surface area contributed by atoms with Crippen LogP contribution in [0.1, 0.15) is 31.9 Å². The Balaban J connectivity index is 2.18. The number of carbonyl (C=O) groups excluding carboxylic acids is 1. The van der Waals surface area contributed by atoms with Gasteiger partial charge in [0.15, 0.2) is 0 Å². The van der Waals surface area contributed by atoms with Crippen LogP contribution in [0, 0.1) is 0 Å². The number of benzene rings is 1. The van der Waals surface area contributed by atoms with Crippen LogP contribution in [0.15, 0.2) is 23.1 Å². The Morgan fingerprint density at radius 1 is 1.25 bits per heavy atom. The molecule has 0 unspecified atom stereocenters. The molecule has 1 aromatic rings. The lowest BCUT2D eigenvalue weighted by atomic mass is 10.1. The minimum atomic E-state index is -3.75. The van der Waals surface area contributed by atoms with Crippen LogP contribution in [0.3, 0.4) is 0 Å². The molecular weight excluding hydrogens is 302 g/mol. The first-order valence-corrected chi connectivity index (χ1v) is 8.41. The lowest BCUT2D eigenvalue weighted by Gasteiger charge is -2.24. The number of hydrogen-bond donors (Lipinski definition) is 0. The molecule has 0 aliphatic carbocycles. The van der Waals surface area contributed by atoms with Gasteiger partial charge in [-0.1, -0.05) is 6.07 Å². The predicted molar refractivity (Wildman–Crippen MR) is 75.0 cm³/mol. The molecule has 2 rings (SSSR count). The van der Waals surface area contributed by atoms with E-state index < -0.39 is 20.7 Å². The highest BCUT2D eigenvalue weighted by Crippen LogP contribution is 2.28. The summed E-state index contributed by atoms with van der Waals surface area (Å²) in [5, 5.41) is 0. The summed E-state index contributed by atoms with van der Waals surface area (Å²) in [6.45, 7) is 6.13. The molecule has 7 heteroatoms. The van der Waals surface area contributed by atoms with Crippen LogP contribution in [0.25, 0.3) is 0 Å². The van der Waals surface area contributed by atoms with Crippen LogP contribution in [-0.2, 0) is 26.9 Å². The SMILES string of the molecule is CC(C)(C)OC(=O)N1Cc2ccc(S(=O)(=O)Cl)cc2C1. The van der Waals surface area contributed by atoms with Crippen LogP contribution in [-0.4, -0.2) is 25.0 Å². The van der Waals surface area contributed by atoms with E-state index in [1.807, 2.05) is 0 Å². The summed E-state index contributed by atoms with van der Waals surface area (Å²) in [7, 11) is 1.56. The van der Waals surface area contributed by atoms with Gasteiger partial charge in [-0.05, 0) is 44.0 Å². The van der Waals surface area contributed by atoms with Crippen molar-refractivity contribution in [2.45, 2.75) is 44.4 Å². The summed E-state index contributed by atoms with van der Waals surface area (Å²) in [6.07, 6.45) is -0.413. The van der Waals surface area contributed by atoms with Gasteiger partial charge in [0.2, 0.25) is 0 Å². The number of rotatable bonds is 1. The van der Waals surface area contributed by atoms with Crippen LogP contribution < -0.4 is 0 Å². The van der Waals surface area contributed by atoms with E-state index in [0.29, 0.717) is 13.1 Å². The first-order valence-electron chi connectivity index (χ1n) is 6.11. The fraction of sp³-hybridized carbons (Fsp3) is 0.462. The average Bonchev–Trinajstić information content (AvgIpc) is 2.67. The van der Waals surface area contributed by atoms with Crippen molar-refractivity contribution in [1.82, 2.24) is 4.90 Å².